The summed E-state index contributed by atoms with van der Waals surface area (Å²) < 4.78 is 32.2. The third kappa shape index (κ3) is 5.59. The zero-order valence-electron chi connectivity index (χ0n) is 24.8. The van der Waals surface area contributed by atoms with Crippen molar-refractivity contribution in [1.82, 2.24) is 24.4 Å². The summed E-state index contributed by atoms with van der Waals surface area (Å²) in [5.41, 5.74) is 5.45. The lowest BCUT2D eigenvalue weighted by molar-refractivity contribution is -0.126. The van der Waals surface area contributed by atoms with E-state index < -0.39 is 34.3 Å². The highest BCUT2D eigenvalue weighted by Gasteiger charge is 2.31. The molecule has 0 saturated carbocycles. The maximum atomic E-state index is 15.9. The average molecular weight is 622 g/mol. The number of carbonyl (C=O) groups is 1. The van der Waals surface area contributed by atoms with Gasteiger partial charge in [0.25, 0.3) is 0 Å². The highest BCUT2D eigenvalue weighted by Crippen LogP contribution is 2.37. The first-order valence-electron chi connectivity index (χ1n) is 14.1. The Hall–Kier alpha value is -4.52. The Morgan fingerprint density at radius 1 is 1.20 bits per heavy atom. The third-order valence-electron chi connectivity index (χ3n) is 7.51. The smallest absolute Gasteiger partial charge is 0.355 e. The van der Waals surface area contributed by atoms with Crippen LogP contribution in [0.25, 0.3) is 28.0 Å². The average Bonchev–Trinajstić information content (AvgIpc) is 2.97. The molecule has 4 heterocycles. The van der Waals surface area contributed by atoms with Gasteiger partial charge in [-0.2, -0.15) is 4.98 Å². The lowest BCUT2D eigenvalue weighted by atomic mass is 10.1. The van der Waals surface area contributed by atoms with Crippen LogP contribution >= 0.6 is 11.8 Å². The molecule has 1 saturated heterocycles. The second kappa shape index (κ2) is 12.2. The lowest BCUT2D eigenvalue weighted by Crippen LogP contribution is -2.54. The van der Waals surface area contributed by atoms with E-state index in [9.17, 15) is 14.7 Å². The van der Waals surface area contributed by atoms with Crippen LogP contribution in [0.1, 0.15) is 26.5 Å². The van der Waals surface area contributed by atoms with Gasteiger partial charge >= 0.3 is 5.69 Å². The summed E-state index contributed by atoms with van der Waals surface area (Å²) in [7, 11) is 0. The van der Waals surface area contributed by atoms with Gasteiger partial charge in [0.05, 0.1) is 22.3 Å². The first kappa shape index (κ1) is 30.9. The number of fused-ring (bicyclic) bond motifs is 1. The highest BCUT2D eigenvalue weighted by atomic mass is 32.2. The lowest BCUT2D eigenvalue weighted by Gasteiger charge is -2.40. The first-order valence-corrected chi connectivity index (χ1v) is 15.3. The second-order valence-corrected chi connectivity index (χ2v) is 11.9. The minimum atomic E-state index is -0.915. The molecule has 0 bridgehead atoms. The predicted molar refractivity (Wildman–Crippen MR) is 168 cm³/mol. The number of anilines is 2. The van der Waals surface area contributed by atoms with Crippen LogP contribution in [0.5, 0.6) is 5.75 Å². The number of piperazine rings is 1. The SMILES string of the molecule is C=CC(=O)N1CCN(c2nc(=O)n(-c3c(SC)cc(N)nc3CC(C)C)c3nc(-c4c(O)cccc4F)c(F)cc23)[C@@H](C)C1. The number of nitrogens with zero attached hydrogens (tertiary/aromatic N) is 6. The van der Waals surface area contributed by atoms with Gasteiger partial charge in [0.1, 0.15) is 28.9 Å². The van der Waals surface area contributed by atoms with E-state index in [2.05, 4.69) is 21.5 Å². The molecule has 3 aromatic heterocycles. The number of nitrogen functional groups attached to an aromatic ring is 1. The number of benzene rings is 1. The number of thioether (sulfide) groups is 1. The van der Waals surface area contributed by atoms with E-state index in [1.54, 1.807) is 11.0 Å². The van der Waals surface area contributed by atoms with Gasteiger partial charge in [0.15, 0.2) is 11.5 Å². The summed E-state index contributed by atoms with van der Waals surface area (Å²) >= 11 is 1.34. The summed E-state index contributed by atoms with van der Waals surface area (Å²) in [5, 5.41) is 10.7. The van der Waals surface area contributed by atoms with Crippen LogP contribution in [0.2, 0.25) is 0 Å². The van der Waals surface area contributed by atoms with Crippen LogP contribution in [0.15, 0.2) is 52.7 Å². The van der Waals surface area contributed by atoms with Gasteiger partial charge in [-0.3, -0.25) is 4.79 Å². The van der Waals surface area contributed by atoms with E-state index in [1.807, 2.05) is 31.9 Å². The molecule has 1 amide bonds. The van der Waals surface area contributed by atoms with Crippen molar-refractivity contribution in [3.63, 3.8) is 0 Å². The van der Waals surface area contributed by atoms with Crippen molar-refractivity contribution in [2.24, 2.45) is 5.92 Å². The molecule has 1 aliphatic rings. The summed E-state index contributed by atoms with van der Waals surface area (Å²) in [6.45, 7) is 10.4. The van der Waals surface area contributed by atoms with Crippen LogP contribution in [-0.2, 0) is 11.2 Å². The summed E-state index contributed by atoms with van der Waals surface area (Å²) in [5.74, 6) is -1.93. The van der Waals surface area contributed by atoms with Crippen molar-refractivity contribution in [1.29, 1.82) is 0 Å². The van der Waals surface area contributed by atoms with Crippen molar-refractivity contribution in [3.8, 4) is 22.7 Å². The minimum Gasteiger partial charge on any atom is -0.507 e. The summed E-state index contributed by atoms with van der Waals surface area (Å²) in [6.07, 6.45) is 3.53. The van der Waals surface area contributed by atoms with E-state index >= 15 is 8.78 Å². The molecule has 0 unspecified atom stereocenters. The molecule has 5 rings (SSSR count). The summed E-state index contributed by atoms with van der Waals surface area (Å²) in [6, 6.07) is 6.12. The topological polar surface area (TPSA) is 130 Å². The number of phenols is 1. The Balaban J connectivity index is 1.85. The number of carbonyl (C=O) groups excluding carboxylic acids is 1. The number of hydrogen-bond donors (Lipinski definition) is 2. The Labute approximate surface area is 257 Å². The fraction of sp³-hybridized carbons (Fsp3) is 0.323. The number of amides is 1. The molecule has 10 nitrogen and oxygen atoms in total. The highest BCUT2D eigenvalue weighted by molar-refractivity contribution is 7.98. The largest absolute Gasteiger partial charge is 0.507 e. The van der Waals surface area contributed by atoms with Crippen molar-refractivity contribution in [2.45, 2.75) is 38.1 Å². The van der Waals surface area contributed by atoms with E-state index in [0.29, 0.717) is 42.3 Å². The molecule has 3 N–H and O–H groups in total. The van der Waals surface area contributed by atoms with Crippen molar-refractivity contribution in [2.75, 3.05) is 36.5 Å². The van der Waals surface area contributed by atoms with Crippen LogP contribution < -0.4 is 16.3 Å². The van der Waals surface area contributed by atoms with E-state index in [1.165, 1.54) is 34.5 Å². The Morgan fingerprint density at radius 3 is 2.59 bits per heavy atom. The monoisotopic (exact) mass is 621 g/mol. The van der Waals surface area contributed by atoms with Crippen LogP contribution in [0, 0.1) is 17.6 Å². The zero-order chi connectivity index (χ0) is 31.9. The van der Waals surface area contributed by atoms with Crippen molar-refractivity contribution in [3.05, 3.63) is 70.8 Å². The molecule has 13 heteroatoms. The number of halogens is 2. The molecule has 1 aromatic carbocycles. The minimum absolute atomic E-state index is 0.00253. The maximum Gasteiger partial charge on any atom is 0.355 e. The number of pyridine rings is 2. The quantitative estimate of drug-likeness (QED) is 0.225. The van der Waals surface area contributed by atoms with Gasteiger partial charge in [-0.15, -0.1) is 11.8 Å². The Bertz CT molecular complexity index is 1830. The number of rotatable bonds is 7. The van der Waals surface area contributed by atoms with Gasteiger partial charge in [-0.25, -0.2) is 28.1 Å². The Morgan fingerprint density at radius 2 is 1.95 bits per heavy atom. The number of phenolic OH excluding ortho intramolecular Hbond substituents is 1. The fourth-order valence-electron chi connectivity index (χ4n) is 5.56. The van der Waals surface area contributed by atoms with Gasteiger partial charge in [0.2, 0.25) is 5.91 Å². The molecule has 1 atom stereocenters. The number of aromatic hydroxyl groups is 1. The van der Waals surface area contributed by atoms with Crippen LogP contribution in [0.3, 0.4) is 0 Å². The standard InChI is InChI=1S/C31H33F2N7O3S/c1-6-25(42)38-10-11-39(17(4)15-38)29-18-13-20(33)27(26-19(32)8-7-9-22(26)41)36-30(18)40(31(43)37-29)28-21(12-16(2)3)35-24(34)14-23(28)44-5/h6-9,13-14,16-17,41H,1,10-12,15H2,2-5H3,(H2,34,35)/t17-/m0/s1. The molecule has 230 valence electrons. The molecule has 4 aromatic rings. The van der Waals surface area contributed by atoms with Gasteiger partial charge in [0, 0.05) is 30.6 Å². The van der Waals surface area contributed by atoms with Crippen LogP contribution in [0.4, 0.5) is 20.4 Å². The Kier molecular flexibility index (Phi) is 8.60. The van der Waals surface area contributed by atoms with Gasteiger partial charge in [-0.05, 0) is 55.9 Å². The number of nitrogens with two attached hydrogens (primary N) is 1. The summed E-state index contributed by atoms with van der Waals surface area (Å²) in [4.78, 5) is 44.0. The molecular weight excluding hydrogens is 588 g/mol. The number of aromatic nitrogens is 4. The third-order valence-corrected chi connectivity index (χ3v) is 8.26. The van der Waals surface area contributed by atoms with Gasteiger partial charge < -0.3 is 20.6 Å². The predicted octanol–water partition coefficient (Wildman–Crippen LogP) is 4.55. The van der Waals surface area contributed by atoms with E-state index in [4.69, 9.17) is 5.73 Å². The van der Waals surface area contributed by atoms with Gasteiger partial charge in [-0.1, -0.05) is 26.5 Å². The molecule has 1 fully saturated rings. The molecule has 1 aliphatic heterocycles. The number of hydrogen-bond acceptors (Lipinski definition) is 9. The maximum absolute atomic E-state index is 15.9. The van der Waals surface area contributed by atoms with E-state index in [0.717, 1.165) is 12.1 Å². The normalized spacial score (nSPS) is 15.3. The zero-order valence-corrected chi connectivity index (χ0v) is 25.7. The molecule has 0 spiro atoms. The molecule has 0 aliphatic carbocycles. The molecule has 44 heavy (non-hydrogen) atoms. The first-order chi connectivity index (χ1) is 20.9. The van der Waals surface area contributed by atoms with Crippen LogP contribution in [-0.4, -0.2) is 67.4 Å². The fourth-order valence-corrected chi connectivity index (χ4v) is 6.20. The molecular formula is C31H33F2N7O3S. The second-order valence-electron chi connectivity index (χ2n) is 11.1. The van der Waals surface area contributed by atoms with Crippen molar-refractivity contribution >= 4 is 40.3 Å². The van der Waals surface area contributed by atoms with E-state index in [-0.39, 0.29) is 40.5 Å². The molecule has 0 radical (unpaired) electrons. The van der Waals surface area contributed by atoms with Crippen molar-refractivity contribution < 1.29 is 18.7 Å².